The van der Waals surface area contributed by atoms with Gasteiger partial charge in [-0.15, -0.1) is 0 Å². The van der Waals surface area contributed by atoms with Crippen LogP contribution in [0.15, 0.2) is 47.4 Å². The van der Waals surface area contributed by atoms with Crippen LogP contribution in [-0.4, -0.2) is 38.7 Å². The van der Waals surface area contributed by atoms with Gasteiger partial charge in [0, 0.05) is 40.2 Å². The molecule has 0 heterocycles. The van der Waals surface area contributed by atoms with Crippen LogP contribution >= 0.6 is 22.4 Å². The fourth-order valence-electron chi connectivity index (χ4n) is 2.35. The van der Waals surface area contributed by atoms with Gasteiger partial charge in [-0.1, -0.05) is 22.8 Å². The number of nitrogens with zero attached hydrogens (tertiary/aromatic N) is 1. The zero-order chi connectivity index (χ0) is 23.7. The molecule has 0 aliphatic rings. The molecular weight excluding hydrogens is 480 g/mol. The van der Waals surface area contributed by atoms with Crippen LogP contribution in [0.5, 0.6) is 11.5 Å². The maximum Gasteiger partial charge on any atom is 0.370 e. The lowest BCUT2D eigenvalue weighted by molar-refractivity contribution is -0.180. The molecule has 0 radical (unpaired) electrons. The predicted molar refractivity (Wildman–Crippen MR) is 122 cm³/mol. The van der Waals surface area contributed by atoms with Crippen molar-refractivity contribution in [2.24, 2.45) is 5.73 Å². The summed E-state index contributed by atoms with van der Waals surface area (Å²) >= 11 is 5.89. The fourth-order valence-corrected chi connectivity index (χ4v) is 4.88. The topological polar surface area (TPSA) is 144 Å². The summed E-state index contributed by atoms with van der Waals surface area (Å²) in [6.07, 6.45) is 0.470. The van der Waals surface area contributed by atoms with E-state index in [1.165, 1.54) is 19.1 Å². The van der Waals surface area contributed by atoms with Crippen LogP contribution in [0.4, 0.5) is 0 Å². The summed E-state index contributed by atoms with van der Waals surface area (Å²) in [4.78, 5) is 16.1. The van der Waals surface area contributed by atoms with Crippen molar-refractivity contribution < 1.29 is 27.0 Å². The third-order valence-corrected chi connectivity index (χ3v) is 6.18. The van der Waals surface area contributed by atoms with Crippen molar-refractivity contribution in [1.29, 1.82) is 5.41 Å². The summed E-state index contributed by atoms with van der Waals surface area (Å²) in [5.41, 5.74) is 8.71. The minimum atomic E-state index is -3.98. The first-order chi connectivity index (χ1) is 15.0. The zero-order valence-corrected chi connectivity index (χ0v) is 19.7. The standard InChI is InChI=1S/C19H23ClN4O6S2/c1-13-9-16(28-8-4-7-23-24(19(21)22)29-14(2)25)12-17(10-13)30-32(26,27)31-18-6-3-5-15(20)11-18/h3,5-6,9-12,23H,4,7-8H2,1-2H3,(H3,21,22). The maximum absolute atomic E-state index is 12.4. The van der Waals surface area contributed by atoms with Crippen LogP contribution in [-0.2, 0) is 18.8 Å². The molecule has 0 atom stereocenters. The van der Waals surface area contributed by atoms with Crippen molar-refractivity contribution in [1.82, 2.24) is 10.6 Å². The molecule has 0 amide bonds. The van der Waals surface area contributed by atoms with E-state index < -0.39 is 21.1 Å². The van der Waals surface area contributed by atoms with E-state index in [1.54, 1.807) is 37.3 Å². The highest BCUT2D eigenvalue weighted by Crippen LogP contribution is 2.31. The number of nitrogens with one attached hydrogen (secondary N) is 2. The number of guanidine groups is 1. The average Bonchev–Trinajstić information content (AvgIpc) is 2.65. The zero-order valence-electron chi connectivity index (χ0n) is 17.3. The van der Waals surface area contributed by atoms with Crippen LogP contribution in [0.1, 0.15) is 18.9 Å². The first-order valence-electron chi connectivity index (χ1n) is 9.24. The molecular formula is C19H23ClN4O6S2. The number of carbonyl (C=O) groups excluding carboxylic acids is 1. The second kappa shape index (κ2) is 11.8. The van der Waals surface area contributed by atoms with Gasteiger partial charge in [0.15, 0.2) is 0 Å². The number of halogens is 1. The Balaban J connectivity index is 1.90. The van der Waals surface area contributed by atoms with E-state index in [9.17, 15) is 13.2 Å². The summed E-state index contributed by atoms with van der Waals surface area (Å²) in [6, 6.07) is 11.2. The molecule has 0 aromatic heterocycles. The minimum absolute atomic E-state index is 0.116. The summed E-state index contributed by atoms with van der Waals surface area (Å²) in [7, 11) is -3.43. The van der Waals surface area contributed by atoms with Gasteiger partial charge in [0.25, 0.3) is 0 Å². The molecule has 32 heavy (non-hydrogen) atoms. The van der Waals surface area contributed by atoms with Gasteiger partial charge in [-0.25, -0.2) is 4.79 Å². The number of ether oxygens (including phenoxy) is 1. The Bertz CT molecular complexity index is 1070. The highest BCUT2D eigenvalue weighted by atomic mass is 35.5. The summed E-state index contributed by atoms with van der Waals surface area (Å²) in [6.45, 7) is 3.52. The van der Waals surface area contributed by atoms with Crippen molar-refractivity contribution in [3.05, 3.63) is 53.1 Å². The Morgan fingerprint density at radius 3 is 2.62 bits per heavy atom. The summed E-state index contributed by atoms with van der Waals surface area (Å²) < 4.78 is 35.6. The molecule has 4 N–H and O–H groups in total. The second-order valence-electron chi connectivity index (χ2n) is 6.39. The number of hydrogen-bond donors (Lipinski definition) is 3. The van der Waals surface area contributed by atoms with Gasteiger partial charge in [-0.3, -0.25) is 5.41 Å². The van der Waals surface area contributed by atoms with E-state index in [0.717, 1.165) is 10.7 Å². The average molecular weight is 503 g/mol. The van der Waals surface area contributed by atoms with Gasteiger partial charge >= 0.3 is 15.1 Å². The van der Waals surface area contributed by atoms with Crippen LogP contribution in [0.2, 0.25) is 5.02 Å². The first-order valence-corrected chi connectivity index (χ1v) is 12.4. The van der Waals surface area contributed by atoms with E-state index >= 15 is 0 Å². The van der Waals surface area contributed by atoms with E-state index in [4.69, 9.17) is 36.5 Å². The third kappa shape index (κ3) is 9.22. The number of hydrogen-bond acceptors (Lipinski definition) is 9. The Labute approximate surface area is 194 Å². The highest BCUT2D eigenvalue weighted by Gasteiger charge is 2.17. The van der Waals surface area contributed by atoms with Crippen molar-refractivity contribution in [3.63, 3.8) is 0 Å². The summed E-state index contributed by atoms with van der Waals surface area (Å²) in [5.74, 6) is -0.560. The Morgan fingerprint density at radius 1 is 1.25 bits per heavy atom. The molecule has 2 rings (SSSR count). The van der Waals surface area contributed by atoms with Crippen molar-refractivity contribution >= 4 is 43.5 Å². The highest BCUT2D eigenvalue weighted by molar-refractivity contribution is 8.70. The minimum Gasteiger partial charge on any atom is -0.493 e. The van der Waals surface area contributed by atoms with Crippen molar-refractivity contribution in [2.45, 2.75) is 25.2 Å². The van der Waals surface area contributed by atoms with Crippen molar-refractivity contribution in [2.75, 3.05) is 13.2 Å². The number of nitrogens with two attached hydrogens (primary N) is 1. The SMILES string of the molecule is CC(=O)ON(NCCCOc1cc(C)cc(OS(=O)(=O)Sc2cccc(Cl)c2)c1)C(=N)N. The van der Waals surface area contributed by atoms with Gasteiger partial charge in [0.05, 0.1) is 6.61 Å². The molecule has 0 unspecified atom stereocenters. The molecule has 2 aromatic rings. The molecule has 0 aliphatic carbocycles. The Kier molecular flexibility index (Phi) is 9.44. The Hall–Kier alpha value is -2.67. The number of rotatable bonds is 10. The van der Waals surface area contributed by atoms with Gasteiger partial charge in [-0.2, -0.15) is 13.8 Å². The fraction of sp³-hybridized carbons (Fsp3) is 0.263. The van der Waals surface area contributed by atoms with E-state index in [-0.39, 0.29) is 12.4 Å². The monoisotopic (exact) mass is 502 g/mol. The molecule has 0 spiro atoms. The molecule has 0 bridgehead atoms. The molecule has 0 fully saturated rings. The lowest BCUT2D eigenvalue weighted by Crippen LogP contribution is -2.47. The van der Waals surface area contributed by atoms with Crippen LogP contribution < -0.4 is 20.1 Å². The van der Waals surface area contributed by atoms with Crippen molar-refractivity contribution in [3.8, 4) is 11.5 Å². The lowest BCUT2D eigenvalue weighted by Gasteiger charge is -2.20. The van der Waals surface area contributed by atoms with Gasteiger partial charge in [0.2, 0.25) is 5.96 Å². The molecule has 174 valence electrons. The molecule has 13 heteroatoms. The number of hydroxylamine groups is 1. The predicted octanol–water partition coefficient (Wildman–Crippen LogP) is 3.01. The molecule has 10 nitrogen and oxygen atoms in total. The van der Waals surface area contributed by atoms with E-state index in [1.807, 2.05) is 0 Å². The first kappa shape index (κ1) is 25.6. The van der Waals surface area contributed by atoms with Gasteiger partial charge < -0.3 is 19.5 Å². The number of aryl methyl sites for hydroxylation is 1. The van der Waals surface area contributed by atoms with Crippen LogP contribution in [0.25, 0.3) is 0 Å². The molecule has 0 aliphatic heterocycles. The maximum atomic E-state index is 12.4. The number of carbonyl (C=O) groups is 1. The Morgan fingerprint density at radius 2 is 1.97 bits per heavy atom. The normalized spacial score (nSPS) is 11.0. The molecule has 0 saturated heterocycles. The molecule has 0 saturated carbocycles. The smallest absolute Gasteiger partial charge is 0.370 e. The second-order valence-corrected chi connectivity index (χ2v) is 10.2. The third-order valence-electron chi connectivity index (χ3n) is 3.50. The lowest BCUT2D eigenvalue weighted by atomic mass is 10.2. The van der Waals surface area contributed by atoms with E-state index in [2.05, 4.69) is 5.43 Å². The number of hydrazine groups is 1. The molecule has 2 aromatic carbocycles. The summed E-state index contributed by atoms with van der Waals surface area (Å²) in [5, 5.41) is 8.50. The number of benzene rings is 2. The van der Waals surface area contributed by atoms with Crippen LogP contribution in [0, 0.1) is 12.3 Å². The quantitative estimate of drug-likeness (QED) is 0.146. The van der Waals surface area contributed by atoms with E-state index in [0.29, 0.717) is 39.4 Å². The van der Waals surface area contributed by atoms with Gasteiger partial charge in [-0.05, 0) is 49.2 Å². The van der Waals surface area contributed by atoms with Gasteiger partial charge in [0.1, 0.15) is 11.5 Å². The largest absolute Gasteiger partial charge is 0.493 e. The van der Waals surface area contributed by atoms with Crippen LogP contribution in [0.3, 0.4) is 0 Å².